The fourth-order valence-corrected chi connectivity index (χ4v) is 1.69. The Bertz CT molecular complexity index is 614. The van der Waals surface area contributed by atoms with E-state index in [2.05, 4.69) is 15.6 Å². The van der Waals surface area contributed by atoms with Gasteiger partial charge in [-0.1, -0.05) is 0 Å². The lowest BCUT2D eigenvalue weighted by atomic mass is 10.2. The molecule has 2 N–H and O–H groups in total. The number of carbonyl (C=O) groups excluding carboxylic acids is 1. The van der Waals surface area contributed by atoms with E-state index in [4.69, 9.17) is 0 Å². The first-order chi connectivity index (χ1) is 10.2. The van der Waals surface area contributed by atoms with Gasteiger partial charge in [-0.15, -0.1) is 0 Å². The van der Waals surface area contributed by atoms with Crippen LogP contribution in [0.15, 0.2) is 48.8 Å². The second-order valence-electron chi connectivity index (χ2n) is 4.22. The van der Waals surface area contributed by atoms with Gasteiger partial charge in [0.2, 0.25) is 0 Å². The summed E-state index contributed by atoms with van der Waals surface area (Å²) in [6.07, 6.45) is 3.12. The summed E-state index contributed by atoms with van der Waals surface area (Å²) in [7, 11) is 0. The molecule has 1 heterocycles. The first kappa shape index (κ1) is 14.4. The molecule has 0 aliphatic rings. The number of anilines is 1. The minimum atomic E-state index is -0.446. The van der Waals surface area contributed by atoms with Crippen molar-refractivity contribution in [1.82, 2.24) is 10.3 Å². The van der Waals surface area contributed by atoms with Crippen LogP contribution in [-0.2, 0) is 0 Å². The lowest BCUT2D eigenvalue weighted by Crippen LogP contribution is -2.28. The summed E-state index contributed by atoms with van der Waals surface area (Å²) in [6.45, 7) is 0.965. The number of pyridine rings is 1. The summed E-state index contributed by atoms with van der Waals surface area (Å²) < 4.78 is 0. The Morgan fingerprint density at radius 3 is 2.38 bits per heavy atom. The molecule has 0 aliphatic carbocycles. The predicted octanol–water partition coefficient (Wildman–Crippen LogP) is 1.83. The number of rotatable bonds is 6. The zero-order chi connectivity index (χ0) is 15.1. The quantitative estimate of drug-likeness (QED) is 0.479. The Morgan fingerprint density at radius 2 is 1.76 bits per heavy atom. The van der Waals surface area contributed by atoms with E-state index in [9.17, 15) is 14.9 Å². The number of aromatic nitrogens is 1. The second kappa shape index (κ2) is 6.99. The first-order valence-electron chi connectivity index (χ1n) is 6.33. The molecule has 0 unspecified atom stereocenters. The van der Waals surface area contributed by atoms with Crippen molar-refractivity contribution in [3.63, 3.8) is 0 Å². The zero-order valence-electron chi connectivity index (χ0n) is 11.2. The Morgan fingerprint density at radius 1 is 1.10 bits per heavy atom. The highest BCUT2D eigenvalue weighted by molar-refractivity contribution is 5.93. The van der Waals surface area contributed by atoms with Crippen LogP contribution in [0.2, 0.25) is 0 Å². The molecule has 2 aromatic rings. The van der Waals surface area contributed by atoms with E-state index in [0.717, 1.165) is 5.69 Å². The van der Waals surface area contributed by atoms with Crippen LogP contribution in [0.5, 0.6) is 0 Å². The molecule has 108 valence electrons. The number of nitrogens with one attached hydrogen (secondary N) is 2. The molecule has 1 amide bonds. The van der Waals surface area contributed by atoms with Gasteiger partial charge in [0.05, 0.1) is 4.92 Å². The third kappa shape index (κ3) is 4.27. The van der Waals surface area contributed by atoms with Gasteiger partial charge >= 0.3 is 0 Å². The molecule has 0 saturated carbocycles. The highest BCUT2D eigenvalue weighted by Gasteiger charge is 2.04. The van der Waals surface area contributed by atoms with Crippen molar-refractivity contribution < 1.29 is 9.72 Å². The number of nitro benzene ring substituents is 1. The van der Waals surface area contributed by atoms with E-state index in [1.54, 1.807) is 36.7 Å². The van der Waals surface area contributed by atoms with Crippen molar-refractivity contribution in [3.05, 3.63) is 64.5 Å². The Kier molecular flexibility index (Phi) is 4.81. The van der Waals surface area contributed by atoms with Gasteiger partial charge in [-0.05, 0) is 24.3 Å². The smallest absolute Gasteiger partial charge is 0.269 e. The normalized spacial score (nSPS) is 9.90. The van der Waals surface area contributed by atoms with Crippen LogP contribution in [0, 0.1) is 10.1 Å². The lowest BCUT2D eigenvalue weighted by molar-refractivity contribution is -0.384. The molecular formula is C14H14N4O3. The SMILES string of the molecule is O=C(NCCNc1ccc([N+](=O)[O-])cc1)c1ccncc1. The van der Waals surface area contributed by atoms with Crippen molar-refractivity contribution >= 4 is 17.3 Å². The zero-order valence-corrected chi connectivity index (χ0v) is 11.2. The highest BCUT2D eigenvalue weighted by Crippen LogP contribution is 2.14. The first-order valence-corrected chi connectivity index (χ1v) is 6.33. The summed E-state index contributed by atoms with van der Waals surface area (Å²) in [5, 5.41) is 16.3. The maximum absolute atomic E-state index is 11.7. The summed E-state index contributed by atoms with van der Waals surface area (Å²) in [4.78, 5) is 25.6. The molecule has 1 aromatic carbocycles. The summed E-state index contributed by atoms with van der Waals surface area (Å²) in [5.74, 6) is -0.164. The second-order valence-corrected chi connectivity index (χ2v) is 4.22. The maximum Gasteiger partial charge on any atom is 0.269 e. The predicted molar refractivity (Wildman–Crippen MR) is 78.2 cm³/mol. The van der Waals surface area contributed by atoms with Crippen molar-refractivity contribution in [1.29, 1.82) is 0 Å². The van der Waals surface area contributed by atoms with Crippen molar-refractivity contribution in [2.45, 2.75) is 0 Å². The molecule has 0 fully saturated rings. The van der Waals surface area contributed by atoms with Gasteiger partial charge in [0.1, 0.15) is 0 Å². The number of carbonyl (C=O) groups is 1. The number of non-ortho nitro benzene ring substituents is 1. The van der Waals surface area contributed by atoms with Gasteiger partial charge in [0, 0.05) is 48.9 Å². The van der Waals surface area contributed by atoms with Gasteiger partial charge in [-0.2, -0.15) is 0 Å². The van der Waals surface area contributed by atoms with Crippen molar-refractivity contribution in [2.75, 3.05) is 18.4 Å². The van der Waals surface area contributed by atoms with Crippen LogP contribution in [0.1, 0.15) is 10.4 Å². The van der Waals surface area contributed by atoms with Crippen molar-refractivity contribution in [3.8, 4) is 0 Å². The molecule has 7 nitrogen and oxygen atoms in total. The molecule has 0 atom stereocenters. The minimum absolute atomic E-state index is 0.0477. The molecule has 0 saturated heterocycles. The Balaban J connectivity index is 1.75. The standard InChI is InChI=1S/C14H14N4O3/c19-14(11-5-7-15-8-6-11)17-10-9-16-12-1-3-13(4-2-12)18(20)21/h1-8,16H,9-10H2,(H,17,19). The number of nitro groups is 1. The van der Waals surface area contributed by atoms with Gasteiger partial charge < -0.3 is 10.6 Å². The number of benzene rings is 1. The van der Waals surface area contributed by atoms with Crippen LogP contribution >= 0.6 is 0 Å². The largest absolute Gasteiger partial charge is 0.383 e. The third-order valence-corrected chi connectivity index (χ3v) is 2.76. The van der Waals surface area contributed by atoms with Crippen LogP contribution in [0.3, 0.4) is 0 Å². The van der Waals surface area contributed by atoms with Gasteiger partial charge in [0.25, 0.3) is 11.6 Å². The molecule has 0 aliphatic heterocycles. The fraction of sp³-hybridized carbons (Fsp3) is 0.143. The molecule has 7 heteroatoms. The van der Waals surface area contributed by atoms with Crippen molar-refractivity contribution in [2.24, 2.45) is 0 Å². The molecule has 2 rings (SSSR count). The number of amides is 1. The molecule has 1 aromatic heterocycles. The summed E-state index contributed by atoms with van der Waals surface area (Å²) in [5.41, 5.74) is 1.37. The molecule has 21 heavy (non-hydrogen) atoms. The molecule has 0 radical (unpaired) electrons. The number of nitrogens with zero attached hydrogens (tertiary/aromatic N) is 2. The minimum Gasteiger partial charge on any atom is -0.383 e. The van der Waals surface area contributed by atoms with Crippen LogP contribution in [-0.4, -0.2) is 28.9 Å². The summed E-state index contributed by atoms with van der Waals surface area (Å²) in [6, 6.07) is 9.39. The van der Waals surface area contributed by atoms with Crippen LogP contribution < -0.4 is 10.6 Å². The van der Waals surface area contributed by atoms with E-state index < -0.39 is 4.92 Å². The average Bonchev–Trinajstić information content (AvgIpc) is 2.52. The average molecular weight is 286 g/mol. The number of hydrogen-bond acceptors (Lipinski definition) is 5. The van der Waals surface area contributed by atoms with E-state index in [-0.39, 0.29) is 11.6 Å². The third-order valence-electron chi connectivity index (χ3n) is 2.76. The van der Waals surface area contributed by atoms with E-state index >= 15 is 0 Å². The molecule has 0 spiro atoms. The van der Waals surface area contributed by atoms with Crippen LogP contribution in [0.4, 0.5) is 11.4 Å². The molecule has 0 bridgehead atoms. The lowest BCUT2D eigenvalue weighted by Gasteiger charge is -2.07. The molecular weight excluding hydrogens is 272 g/mol. The summed E-state index contributed by atoms with van der Waals surface area (Å²) >= 11 is 0. The maximum atomic E-state index is 11.7. The monoisotopic (exact) mass is 286 g/mol. The fourth-order valence-electron chi connectivity index (χ4n) is 1.69. The van der Waals surface area contributed by atoms with Gasteiger partial charge in [0.15, 0.2) is 0 Å². The van der Waals surface area contributed by atoms with Gasteiger partial charge in [-0.25, -0.2) is 0 Å². The topological polar surface area (TPSA) is 97.2 Å². The Hall–Kier alpha value is -2.96. The van der Waals surface area contributed by atoms with Crippen LogP contribution in [0.25, 0.3) is 0 Å². The Labute approximate surface area is 121 Å². The van der Waals surface area contributed by atoms with E-state index in [0.29, 0.717) is 18.7 Å². The number of hydrogen-bond donors (Lipinski definition) is 2. The van der Waals surface area contributed by atoms with Gasteiger partial charge in [-0.3, -0.25) is 19.9 Å². The van der Waals surface area contributed by atoms with E-state index in [1.807, 2.05) is 0 Å². The highest BCUT2D eigenvalue weighted by atomic mass is 16.6. The van der Waals surface area contributed by atoms with E-state index in [1.165, 1.54) is 12.1 Å².